The molecule has 0 atom stereocenters. The number of piperidine rings is 1. The Morgan fingerprint density at radius 3 is 2.70 bits per heavy atom. The van der Waals surface area contributed by atoms with Gasteiger partial charge in [0, 0.05) is 67.4 Å². The van der Waals surface area contributed by atoms with Crippen LogP contribution in [0.25, 0.3) is 0 Å². The third-order valence-corrected chi connectivity index (χ3v) is 8.99. The van der Waals surface area contributed by atoms with Gasteiger partial charge in [-0.25, -0.2) is 9.78 Å². The van der Waals surface area contributed by atoms with Crippen molar-refractivity contribution in [1.29, 1.82) is 5.41 Å². The zero-order valence-corrected chi connectivity index (χ0v) is 22.5. The Morgan fingerprint density at radius 2 is 1.97 bits per heavy atom. The normalized spacial score (nSPS) is 20.4. The lowest BCUT2D eigenvalue weighted by Crippen LogP contribution is -2.48. The van der Waals surface area contributed by atoms with E-state index in [0.29, 0.717) is 35.8 Å². The molecular formula is C27H35N7O2S. The predicted octanol–water partition coefficient (Wildman–Crippen LogP) is 3.85. The number of amides is 3. The number of hydrogen-bond acceptors (Lipinski definition) is 7. The first kappa shape index (κ1) is 25.3. The van der Waals surface area contributed by atoms with Crippen molar-refractivity contribution in [2.75, 3.05) is 42.9 Å². The van der Waals surface area contributed by atoms with E-state index in [-0.39, 0.29) is 23.4 Å². The van der Waals surface area contributed by atoms with E-state index in [9.17, 15) is 9.59 Å². The lowest BCUT2D eigenvalue weighted by Gasteiger charge is -2.39. The topological polar surface area (TPSA) is 119 Å². The largest absolute Gasteiger partial charge is 0.401 e. The highest BCUT2D eigenvalue weighted by molar-refractivity contribution is 7.17. The number of fused-ring (bicyclic) bond motifs is 1. The van der Waals surface area contributed by atoms with Crippen LogP contribution < -0.4 is 16.0 Å². The molecule has 1 aromatic heterocycles. The van der Waals surface area contributed by atoms with Crippen LogP contribution >= 0.6 is 11.3 Å². The summed E-state index contributed by atoms with van der Waals surface area (Å²) >= 11 is 1.44. The number of carbonyl (C=O) groups is 2. The van der Waals surface area contributed by atoms with Crippen LogP contribution in [-0.2, 0) is 6.42 Å². The Balaban J connectivity index is 1.24. The Hall–Kier alpha value is -3.40. The van der Waals surface area contributed by atoms with Gasteiger partial charge in [0.2, 0.25) is 0 Å². The van der Waals surface area contributed by atoms with Crippen molar-refractivity contribution in [3.8, 4) is 0 Å². The average Bonchev–Trinajstić information content (AvgIpc) is 3.19. The zero-order valence-electron chi connectivity index (χ0n) is 21.7. The molecule has 0 saturated carbocycles. The quantitative estimate of drug-likeness (QED) is 0.528. The Kier molecular flexibility index (Phi) is 6.70. The number of carbonyl (C=O) groups excluding carboxylic acids is 2. The molecule has 37 heavy (non-hydrogen) atoms. The number of aromatic nitrogens is 1. The second kappa shape index (κ2) is 9.81. The summed E-state index contributed by atoms with van der Waals surface area (Å²) < 4.78 is 0. The number of nitrogens with one attached hydrogen (secondary N) is 2. The number of para-hydroxylation sites is 1. The van der Waals surface area contributed by atoms with Gasteiger partial charge in [0.25, 0.3) is 5.91 Å². The molecule has 196 valence electrons. The summed E-state index contributed by atoms with van der Waals surface area (Å²) in [5.74, 6) is -0.0585. The molecule has 3 aliphatic rings. The summed E-state index contributed by atoms with van der Waals surface area (Å²) in [6, 6.07) is 8.16. The number of anilines is 2. The van der Waals surface area contributed by atoms with Crippen LogP contribution in [0.4, 0.5) is 15.6 Å². The number of benzene rings is 1. The summed E-state index contributed by atoms with van der Waals surface area (Å²) in [5, 5.41) is 11.7. The molecule has 9 nitrogen and oxygen atoms in total. The minimum absolute atomic E-state index is 0.0233. The van der Waals surface area contributed by atoms with Crippen molar-refractivity contribution < 1.29 is 9.59 Å². The molecule has 10 heteroatoms. The average molecular weight is 522 g/mol. The first-order valence-electron chi connectivity index (χ1n) is 12.8. The number of urea groups is 1. The van der Waals surface area contributed by atoms with Crippen LogP contribution in [0.1, 0.15) is 47.6 Å². The van der Waals surface area contributed by atoms with E-state index >= 15 is 0 Å². The van der Waals surface area contributed by atoms with Gasteiger partial charge >= 0.3 is 6.03 Å². The van der Waals surface area contributed by atoms with Crippen LogP contribution in [0.5, 0.6) is 0 Å². The zero-order chi connectivity index (χ0) is 26.3. The monoisotopic (exact) mass is 521 g/mol. The van der Waals surface area contributed by atoms with E-state index in [1.165, 1.54) is 23.1 Å². The highest BCUT2D eigenvalue weighted by Gasteiger charge is 2.36. The molecule has 0 radical (unpaired) electrons. The van der Waals surface area contributed by atoms with Crippen LogP contribution in [0.2, 0.25) is 0 Å². The van der Waals surface area contributed by atoms with Crippen molar-refractivity contribution in [3.05, 3.63) is 51.7 Å². The maximum atomic E-state index is 13.5. The highest BCUT2D eigenvalue weighted by atomic mass is 32.1. The van der Waals surface area contributed by atoms with Crippen LogP contribution in [0.15, 0.2) is 35.5 Å². The Bertz CT molecular complexity index is 1260. The molecule has 0 spiro atoms. The summed E-state index contributed by atoms with van der Waals surface area (Å²) in [6.45, 7) is 9.03. The fourth-order valence-electron chi connectivity index (χ4n) is 5.58. The number of aryl methyl sites for hydroxylation is 1. The summed E-state index contributed by atoms with van der Waals surface area (Å²) in [7, 11) is 0. The first-order chi connectivity index (χ1) is 17.7. The fourth-order valence-corrected chi connectivity index (χ4v) is 6.66. The van der Waals surface area contributed by atoms with Crippen molar-refractivity contribution in [3.63, 3.8) is 0 Å². The number of nitrogens with two attached hydrogens (primary N) is 1. The van der Waals surface area contributed by atoms with Gasteiger partial charge in [-0.2, -0.15) is 0 Å². The van der Waals surface area contributed by atoms with E-state index in [2.05, 4.69) is 16.3 Å². The van der Waals surface area contributed by atoms with Crippen LogP contribution in [0.3, 0.4) is 0 Å². The van der Waals surface area contributed by atoms with Gasteiger partial charge in [-0.3, -0.25) is 4.79 Å². The van der Waals surface area contributed by atoms with E-state index in [0.717, 1.165) is 48.9 Å². The molecule has 0 unspecified atom stereocenters. The second-order valence-electron chi connectivity index (χ2n) is 10.8. The molecule has 3 amide bonds. The number of thiazole rings is 1. The van der Waals surface area contributed by atoms with Crippen LogP contribution in [0, 0.1) is 17.7 Å². The van der Waals surface area contributed by atoms with Crippen molar-refractivity contribution >= 4 is 40.3 Å². The van der Waals surface area contributed by atoms with Gasteiger partial charge < -0.3 is 31.2 Å². The molecule has 5 rings (SSSR count). The van der Waals surface area contributed by atoms with Gasteiger partial charge in [-0.05, 0) is 37.8 Å². The van der Waals surface area contributed by atoms with E-state index in [1.807, 2.05) is 43.9 Å². The molecule has 1 aromatic carbocycles. The molecule has 0 aliphatic carbocycles. The lowest BCUT2D eigenvalue weighted by atomic mass is 9.83. The van der Waals surface area contributed by atoms with Gasteiger partial charge in [-0.15, -0.1) is 0 Å². The van der Waals surface area contributed by atoms with Gasteiger partial charge in [0.15, 0.2) is 5.13 Å². The van der Waals surface area contributed by atoms with E-state index in [1.54, 1.807) is 4.90 Å². The second-order valence-corrected chi connectivity index (χ2v) is 11.8. The number of hydrogen-bond donors (Lipinski definition) is 3. The fraction of sp³-hybridized carbons (Fsp3) is 0.481. The standard InChI is InChI=1S/C27H35N7O2S/c1-17-22(24(35)33-15-19(14-28)23(29)27(2,3)16-33)37-26(30-17)32-11-9-20(10-12-32)34-13-8-18-6-4-5-7-21(18)31-25(34)36/h4-7,14,20,28H,8-13,15-16,29H2,1-3H3,(H,31,36). The number of nitrogens with zero attached hydrogens (tertiary/aromatic N) is 4. The Morgan fingerprint density at radius 1 is 1.24 bits per heavy atom. The third kappa shape index (κ3) is 4.82. The Labute approximate surface area is 221 Å². The third-order valence-electron chi connectivity index (χ3n) is 7.78. The first-order valence-corrected chi connectivity index (χ1v) is 13.7. The van der Waals surface area contributed by atoms with Crippen LogP contribution in [-0.4, -0.2) is 71.7 Å². The van der Waals surface area contributed by atoms with E-state index in [4.69, 9.17) is 16.1 Å². The highest BCUT2D eigenvalue weighted by Crippen LogP contribution is 2.35. The molecule has 1 saturated heterocycles. The lowest BCUT2D eigenvalue weighted by molar-refractivity contribution is 0.0709. The summed E-state index contributed by atoms with van der Waals surface area (Å²) in [4.78, 5) is 37.8. The maximum absolute atomic E-state index is 13.5. The molecular weight excluding hydrogens is 486 g/mol. The predicted molar refractivity (Wildman–Crippen MR) is 148 cm³/mol. The van der Waals surface area contributed by atoms with Gasteiger partial charge in [0.1, 0.15) is 4.88 Å². The minimum atomic E-state index is -0.384. The SMILES string of the molecule is Cc1nc(N2CCC(N3CCc4ccccc4NC3=O)CC2)sc1C(=O)N1CC(C=N)=C(N)C(C)(C)C1. The van der Waals surface area contributed by atoms with Crippen molar-refractivity contribution in [2.45, 2.75) is 46.1 Å². The molecule has 1 fully saturated rings. The van der Waals surface area contributed by atoms with Crippen molar-refractivity contribution in [2.24, 2.45) is 11.1 Å². The van der Waals surface area contributed by atoms with Gasteiger partial charge in [-0.1, -0.05) is 43.4 Å². The van der Waals surface area contributed by atoms with Crippen molar-refractivity contribution in [1.82, 2.24) is 14.8 Å². The smallest absolute Gasteiger partial charge is 0.322 e. The van der Waals surface area contributed by atoms with E-state index < -0.39 is 0 Å². The molecule has 3 aliphatic heterocycles. The molecule has 4 heterocycles. The summed E-state index contributed by atoms with van der Waals surface area (Å²) in [6.07, 6.45) is 3.83. The molecule has 2 aromatic rings. The minimum Gasteiger partial charge on any atom is -0.401 e. The maximum Gasteiger partial charge on any atom is 0.322 e. The molecule has 4 N–H and O–H groups in total. The number of rotatable bonds is 4. The van der Waals surface area contributed by atoms with Gasteiger partial charge in [0.05, 0.1) is 5.69 Å². The summed E-state index contributed by atoms with van der Waals surface area (Å²) in [5.41, 5.74) is 10.0. The molecule has 0 bridgehead atoms.